The topological polar surface area (TPSA) is 20.2 Å². The van der Waals surface area contributed by atoms with E-state index in [0.717, 1.165) is 11.8 Å². The van der Waals surface area contributed by atoms with Gasteiger partial charge >= 0.3 is 0 Å². The van der Waals surface area contributed by atoms with Crippen LogP contribution in [0.5, 0.6) is 0 Å². The average Bonchev–Trinajstić information content (AvgIpc) is 2.56. The summed E-state index contributed by atoms with van der Waals surface area (Å²) in [5.41, 5.74) is 2.30. The summed E-state index contributed by atoms with van der Waals surface area (Å²) in [6.07, 6.45) is 7.89. The van der Waals surface area contributed by atoms with Crippen LogP contribution in [0.4, 0.5) is 0 Å². The molecule has 0 aromatic carbocycles. The van der Waals surface area contributed by atoms with Crippen LogP contribution in [0.25, 0.3) is 0 Å². The summed E-state index contributed by atoms with van der Waals surface area (Å²) in [4.78, 5) is 0. The van der Waals surface area contributed by atoms with Gasteiger partial charge in [0.15, 0.2) is 0 Å². The molecule has 1 nitrogen and oxygen atoms in total. The monoisotopic (exact) mass is 220 g/mol. The maximum absolute atomic E-state index is 9.77. The highest BCUT2D eigenvalue weighted by atomic mass is 16.3. The van der Waals surface area contributed by atoms with Crippen molar-refractivity contribution in [2.75, 3.05) is 6.61 Å². The molecule has 2 saturated carbocycles. The van der Waals surface area contributed by atoms with E-state index in [-0.39, 0.29) is 5.41 Å². The smallest absolute Gasteiger partial charge is 0.0493 e. The lowest BCUT2D eigenvalue weighted by Crippen LogP contribution is -2.64. The second-order valence-electron chi connectivity index (χ2n) is 6.80. The van der Waals surface area contributed by atoms with E-state index in [2.05, 4.69) is 26.8 Å². The molecular formula is C15H24O. The molecule has 3 aliphatic rings. The van der Waals surface area contributed by atoms with Gasteiger partial charge in [0.2, 0.25) is 0 Å². The Kier molecular flexibility index (Phi) is 2.12. The minimum absolute atomic E-state index is 0.187. The predicted molar refractivity (Wildman–Crippen MR) is 66.0 cm³/mol. The molecule has 0 radical (unpaired) electrons. The molecule has 3 aliphatic carbocycles. The fourth-order valence-corrected chi connectivity index (χ4v) is 5.41. The molecule has 3 rings (SSSR count). The van der Waals surface area contributed by atoms with Crippen LogP contribution in [-0.4, -0.2) is 11.7 Å². The lowest BCUT2D eigenvalue weighted by Gasteiger charge is -2.68. The second kappa shape index (κ2) is 3.13. The highest BCUT2D eigenvalue weighted by molar-refractivity contribution is 5.28. The highest BCUT2D eigenvalue weighted by Crippen LogP contribution is 2.75. The lowest BCUT2D eigenvalue weighted by atomic mass is 9.36. The zero-order valence-corrected chi connectivity index (χ0v) is 10.8. The number of aliphatic hydroxyl groups excluding tert-OH is 1. The van der Waals surface area contributed by atoms with E-state index >= 15 is 0 Å². The van der Waals surface area contributed by atoms with Crippen LogP contribution in [0, 0.1) is 28.6 Å². The third-order valence-corrected chi connectivity index (χ3v) is 6.28. The van der Waals surface area contributed by atoms with E-state index in [0.29, 0.717) is 17.9 Å². The molecule has 0 saturated heterocycles. The Morgan fingerprint density at radius 3 is 2.88 bits per heavy atom. The third kappa shape index (κ3) is 0.971. The van der Waals surface area contributed by atoms with Crippen molar-refractivity contribution in [2.45, 2.75) is 46.5 Å². The molecule has 0 amide bonds. The van der Waals surface area contributed by atoms with Crippen LogP contribution < -0.4 is 0 Å². The van der Waals surface area contributed by atoms with Crippen molar-refractivity contribution in [1.82, 2.24) is 0 Å². The molecule has 1 N–H and O–H groups in total. The van der Waals surface area contributed by atoms with E-state index in [4.69, 9.17) is 0 Å². The fourth-order valence-electron chi connectivity index (χ4n) is 5.41. The Morgan fingerprint density at radius 2 is 2.19 bits per heavy atom. The first-order valence-corrected chi connectivity index (χ1v) is 6.84. The molecule has 0 aliphatic heterocycles. The van der Waals surface area contributed by atoms with Crippen molar-refractivity contribution < 1.29 is 5.11 Å². The maximum atomic E-state index is 9.77. The lowest BCUT2D eigenvalue weighted by molar-refractivity contribution is -0.195. The summed E-state index contributed by atoms with van der Waals surface area (Å²) in [7, 11) is 0. The Labute approximate surface area is 98.9 Å². The Balaban J connectivity index is 2.04. The largest absolute Gasteiger partial charge is 0.396 e. The van der Waals surface area contributed by atoms with Crippen molar-refractivity contribution in [3.63, 3.8) is 0 Å². The number of rotatable bonds is 1. The molecule has 90 valence electrons. The SMILES string of the molecule is CC1=C[C@H]2[C@@](C)(CO)[C@@H]3CC[C@@H](C)[C@]23CC1. The van der Waals surface area contributed by atoms with Crippen molar-refractivity contribution in [3.8, 4) is 0 Å². The minimum Gasteiger partial charge on any atom is -0.396 e. The van der Waals surface area contributed by atoms with Gasteiger partial charge < -0.3 is 5.11 Å². The Morgan fingerprint density at radius 1 is 1.44 bits per heavy atom. The molecule has 0 bridgehead atoms. The van der Waals surface area contributed by atoms with Crippen molar-refractivity contribution in [3.05, 3.63) is 11.6 Å². The molecule has 0 aromatic heterocycles. The van der Waals surface area contributed by atoms with E-state index in [1.54, 1.807) is 5.57 Å². The summed E-state index contributed by atoms with van der Waals surface area (Å²) >= 11 is 0. The molecule has 1 heteroatoms. The summed E-state index contributed by atoms with van der Waals surface area (Å²) < 4.78 is 0. The molecule has 0 unspecified atom stereocenters. The van der Waals surface area contributed by atoms with Gasteiger partial charge in [0, 0.05) is 12.0 Å². The van der Waals surface area contributed by atoms with E-state index in [1.165, 1.54) is 25.7 Å². The molecule has 2 fully saturated rings. The van der Waals surface area contributed by atoms with Gasteiger partial charge in [-0.25, -0.2) is 0 Å². The Bertz CT molecular complexity index is 345. The zero-order chi connectivity index (χ0) is 11.6. The van der Waals surface area contributed by atoms with Gasteiger partial charge in [-0.3, -0.25) is 0 Å². The van der Waals surface area contributed by atoms with Gasteiger partial charge in [-0.1, -0.05) is 25.5 Å². The first-order valence-electron chi connectivity index (χ1n) is 6.84. The van der Waals surface area contributed by atoms with Crippen LogP contribution in [0.3, 0.4) is 0 Å². The van der Waals surface area contributed by atoms with E-state index < -0.39 is 0 Å². The van der Waals surface area contributed by atoms with Gasteiger partial charge in [-0.05, 0) is 55.8 Å². The average molecular weight is 220 g/mol. The van der Waals surface area contributed by atoms with Crippen molar-refractivity contribution in [2.24, 2.45) is 28.6 Å². The summed E-state index contributed by atoms with van der Waals surface area (Å²) in [6, 6.07) is 0. The minimum atomic E-state index is 0.187. The van der Waals surface area contributed by atoms with Crippen LogP contribution in [-0.2, 0) is 0 Å². The second-order valence-corrected chi connectivity index (χ2v) is 6.80. The molecule has 0 heterocycles. The number of allylic oxidation sites excluding steroid dienone is 2. The van der Waals surface area contributed by atoms with Gasteiger partial charge in [0.1, 0.15) is 0 Å². The van der Waals surface area contributed by atoms with Crippen molar-refractivity contribution >= 4 is 0 Å². The molecular weight excluding hydrogens is 196 g/mol. The van der Waals surface area contributed by atoms with Gasteiger partial charge in [0.25, 0.3) is 0 Å². The molecule has 1 spiro atoms. The number of aliphatic hydroxyl groups is 1. The Hall–Kier alpha value is -0.300. The highest BCUT2D eigenvalue weighted by Gasteiger charge is 2.70. The standard InChI is InChI=1S/C15H24O/c1-10-6-7-15-11(2)4-5-12(15)14(3,9-16)13(15)8-10/h8,11-13,16H,4-7,9H2,1-3H3/t11-,12+,13+,14+,15+/m1/s1. The summed E-state index contributed by atoms with van der Waals surface area (Å²) in [5.74, 6) is 2.31. The number of hydrogen-bond donors (Lipinski definition) is 1. The van der Waals surface area contributed by atoms with E-state index in [9.17, 15) is 5.11 Å². The van der Waals surface area contributed by atoms with Crippen molar-refractivity contribution in [1.29, 1.82) is 0 Å². The van der Waals surface area contributed by atoms with Crippen LogP contribution in [0.1, 0.15) is 46.5 Å². The molecule has 5 atom stereocenters. The first-order chi connectivity index (χ1) is 7.55. The fraction of sp³-hybridized carbons (Fsp3) is 0.867. The zero-order valence-electron chi connectivity index (χ0n) is 10.8. The van der Waals surface area contributed by atoms with E-state index in [1.807, 2.05) is 0 Å². The normalized spacial score (nSPS) is 55.0. The first kappa shape index (κ1) is 10.8. The molecule has 16 heavy (non-hydrogen) atoms. The maximum Gasteiger partial charge on any atom is 0.0493 e. The van der Waals surface area contributed by atoms with Gasteiger partial charge in [-0.15, -0.1) is 0 Å². The van der Waals surface area contributed by atoms with Crippen LogP contribution in [0.2, 0.25) is 0 Å². The van der Waals surface area contributed by atoms with Crippen LogP contribution in [0.15, 0.2) is 11.6 Å². The quantitative estimate of drug-likeness (QED) is 0.672. The predicted octanol–water partition coefficient (Wildman–Crippen LogP) is 3.39. The number of hydrogen-bond acceptors (Lipinski definition) is 1. The third-order valence-electron chi connectivity index (χ3n) is 6.28. The van der Waals surface area contributed by atoms with Crippen LogP contribution >= 0.6 is 0 Å². The van der Waals surface area contributed by atoms with Gasteiger partial charge in [-0.2, -0.15) is 0 Å². The summed E-state index contributed by atoms with van der Waals surface area (Å²) in [6.45, 7) is 7.39. The summed E-state index contributed by atoms with van der Waals surface area (Å²) in [5, 5.41) is 9.77. The molecule has 0 aromatic rings. The van der Waals surface area contributed by atoms with Gasteiger partial charge in [0.05, 0.1) is 0 Å².